The van der Waals surface area contributed by atoms with Gasteiger partial charge in [-0.25, -0.2) is 4.79 Å². The number of carboxylic acids is 1. The van der Waals surface area contributed by atoms with Crippen LogP contribution in [-0.4, -0.2) is 66.3 Å². The minimum absolute atomic E-state index is 0.00568. The van der Waals surface area contributed by atoms with Gasteiger partial charge in [-0.2, -0.15) is 0 Å². The molecule has 0 atom stereocenters. The summed E-state index contributed by atoms with van der Waals surface area (Å²) in [6, 6.07) is 0.00568. The molecule has 1 heterocycles. The quantitative estimate of drug-likeness (QED) is 0.806. The first-order valence-corrected chi connectivity index (χ1v) is 7.23. The fourth-order valence-electron chi connectivity index (χ4n) is 2.34. The lowest BCUT2D eigenvalue weighted by Gasteiger charge is -2.34. The van der Waals surface area contributed by atoms with Gasteiger partial charge >= 0.3 is 12.0 Å². The molecule has 0 unspecified atom stereocenters. The summed E-state index contributed by atoms with van der Waals surface area (Å²) in [7, 11) is 1.77. The maximum absolute atomic E-state index is 12.2. The molecule has 1 aliphatic heterocycles. The molecule has 0 aromatic rings. The van der Waals surface area contributed by atoms with Gasteiger partial charge in [0.1, 0.15) is 0 Å². The van der Waals surface area contributed by atoms with Crippen molar-refractivity contribution in [2.24, 2.45) is 5.92 Å². The molecule has 6 nitrogen and oxygen atoms in total. The number of ether oxygens (including phenoxy) is 1. The molecule has 2 amide bonds. The zero-order valence-electron chi connectivity index (χ0n) is 12.7. The van der Waals surface area contributed by atoms with E-state index in [1.165, 1.54) is 0 Å². The van der Waals surface area contributed by atoms with E-state index in [4.69, 9.17) is 9.84 Å². The number of hydrogen-bond acceptors (Lipinski definition) is 3. The van der Waals surface area contributed by atoms with Gasteiger partial charge in [-0.05, 0) is 32.6 Å². The molecule has 1 fully saturated rings. The zero-order valence-corrected chi connectivity index (χ0v) is 12.7. The Morgan fingerprint density at radius 1 is 1.35 bits per heavy atom. The van der Waals surface area contributed by atoms with Crippen LogP contribution in [0.2, 0.25) is 0 Å². The number of likely N-dealkylation sites (tertiary alicyclic amines) is 1. The molecule has 1 aliphatic rings. The number of likely N-dealkylation sites (N-methyl/N-ethyl adjacent to an activating group) is 1. The highest BCUT2D eigenvalue weighted by Gasteiger charge is 2.25. The Hall–Kier alpha value is -1.30. The minimum Gasteiger partial charge on any atom is -0.481 e. The van der Waals surface area contributed by atoms with Gasteiger partial charge in [0, 0.05) is 33.1 Å². The summed E-state index contributed by atoms with van der Waals surface area (Å²) in [5.41, 5.74) is 0. The first-order chi connectivity index (χ1) is 9.40. The third kappa shape index (κ3) is 5.77. The molecular weight excluding hydrogens is 260 g/mol. The number of rotatable bonds is 6. The van der Waals surface area contributed by atoms with E-state index in [2.05, 4.69) is 0 Å². The molecule has 6 heteroatoms. The van der Waals surface area contributed by atoms with E-state index in [0.717, 1.165) is 12.8 Å². The molecule has 0 aliphatic carbocycles. The van der Waals surface area contributed by atoms with E-state index in [0.29, 0.717) is 26.2 Å². The molecule has 0 radical (unpaired) electrons. The second kappa shape index (κ2) is 8.09. The molecule has 116 valence electrons. The van der Waals surface area contributed by atoms with Crippen molar-refractivity contribution in [3.05, 3.63) is 0 Å². The number of nitrogens with zero attached hydrogens (tertiary/aromatic N) is 2. The maximum atomic E-state index is 12.2. The van der Waals surface area contributed by atoms with E-state index < -0.39 is 5.97 Å². The number of carbonyl (C=O) groups excluding carboxylic acids is 1. The topological polar surface area (TPSA) is 70.1 Å². The fourth-order valence-corrected chi connectivity index (χ4v) is 2.34. The SMILES string of the molecule is CC(C)OCCN(C)C(=O)N1CCC(CC(=O)O)CC1. The van der Waals surface area contributed by atoms with Gasteiger partial charge in [0.25, 0.3) is 0 Å². The number of urea groups is 1. The highest BCUT2D eigenvalue weighted by Crippen LogP contribution is 2.21. The van der Waals surface area contributed by atoms with Gasteiger partial charge in [0.2, 0.25) is 0 Å². The average molecular weight is 286 g/mol. The smallest absolute Gasteiger partial charge is 0.319 e. The summed E-state index contributed by atoms with van der Waals surface area (Å²) in [5, 5.41) is 8.77. The van der Waals surface area contributed by atoms with Gasteiger partial charge in [0.05, 0.1) is 12.7 Å². The van der Waals surface area contributed by atoms with E-state index in [-0.39, 0.29) is 24.5 Å². The predicted octanol–water partition coefficient (Wildman–Crippen LogP) is 1.65. The number of carbonyl (C=O) groups is 2. The van der Waals surface area contributed by atoms with Crippen LogP contribution in [0.15, 0.2) is 0 Å². The third-order valence-electron chi connectivity index (χ3n) is 3.55. The summed E-state index contributed by atoms with van der Waals surface area (Å²) in [4.78, 5) is 26.3. The minimum atomic E-state index is -0.752. The fraction of sp³-hybridized carbons (Fsp3) is 0.857. The lowest BCUT2D eigenvalue weighted by atomic mass is 9.94. The zero-order chi connectivity index (χ0) is 15.1. The highest BCUT2D eigenvalue weighted by molar-refractivity contribution is 5.74. The molecule has 0 aromatic carbocycles. The van der Waals surface area contributed by atoms with Crippen LogP contribution in [0.25, 0.3) is 0 Å². The number of aliphatic carboxylic acids is 1. The Kier molecular flexibility index (Phi) is 6.78. The molecule has 20 heavy (non-hydrogen) atoms. The van der Waals surface area contributed by atoms with Crippen molar-refractivity contribution < 1.29 is 19.4 Å². The second-order valence-electron chi connectivity index (χ2n) is 5.65. The number of piperidine rings is 1. The molecule has 0 aromatic heterocycles. The van der Waals surface area contributed by atoms with Crippen molar-refractivity contribution in [1.82, 2.24) is 9.80 Å². The van der Waals surface area contributed by atoms with Crippen molar-refractivity contribution in [2.45, 2.75) is 39.2 Å². The van der Waals surface area contributed by atoms with Gasteiger partial charge in [-0.3, -0.25) is 4.79 Å². The summed E-state index contributed by atoms with van der Waals surface area (Å²) in [6.45, 7) is 6.34. The molecule has 0 spiro atoms. The van der Waals surface area contributed by atoms with Crippen molar-refractivity contribution in [2.75, 3.05) is 33.3 Å². The molecule has 0 saturated carbocycles. The summed E-state index contributed by atoms with van der Waals surface area (Å²) in [5.74, 6) is -0.552. The van der Waals surface area contributed by atoms with Gasteiger partial charge in [-0.1, -0.05) is 0 Å². The summed E-state index contributed by atoms with van der Waals surface area (Å²) >= 11 is 0. The lowest BCUT2D eigenvalue weighted by molar-refractivity contribution is -0.138. The third-order valence-corrected chi connectivity index (χ3v) is 3.55. The van der Waals surface area contributed by atoms with E-state index in [9.17, 15) is 9.59 Å². The van der Waals surface area contributed by atoms with Crippen LogP contribution in [0, 0.1) is 5.92 Å². The van der Waals surface area contributed by atoms with Gasteiger partial charge < -0.3 is 19.6 Å². The van der Waals surface area contributed by atoms with Gasteiger partial charge in [0.15, 0.2) is 0 Å². The van der Waals surface area contributed by atoms with Crippen LogP contribution >= 0.6 is 0 Å². The van der Waals surface area contributed by atoms with Gasteiger partial charge in [-0.15, -0.1) is 0 Å². The van der Waals surface area contributed by atoms with E-state index in [1.54, 1.807) is 16.8 Å². The molecule has 1 rings (SSSR count). The molecular formula is C14H26N2O4. The summed E-state index contributed by atoms with van der Waals surface area (Å²) in [6.07, 6.45) is 1.92. The van der Waals surface area contributed by atoms with Crippen LogP contribution in [0.4, 0.5) is 4.79 Å². The lowest BCUT2D eigenvalue weighted by Crippen LogP contribution is -2.46. The number of amides is 2. The standard InChI is InChI=1S/C14H26N2O4/c1-11(2)20-9-8-15(3)14(19)16-6-4-12(5-7-16)10-13(17)18/h11-12H,4-10H2,1-3H3,(H,17,18). The van der Waals surface area contributed by atoms with E-state index >= 15 is 0 Å². The Labute approximate surface area is 120 Å². The predicted molar refractivity (Wildman–Crippen MR) is 75.7 cm³/mol. The van der Waals surface area contributed by atoms with Crippen LogP contribution in [0.3, 0.4) is 0 Å². The monoisotopic (exact) mass is 286 g/mol. The molecule has 1 saturated heterocycles. The van der Waals surface area contributed by atoms with Crippen LogP contribution in [0.1, 0.15) is 33.1 Å². The second-order valence-corrected chi connectivity index (χ2v) is 5.65. The highest BCUT2D eigenvalue weighted by atomic mass is 16.5. The largest absolute Gasteiger partial charge is 0.481 e. The molecule has 0 bridgehead atoms. The number of hydrogen-bond donors (Lipinski definition) is 1. The summed E-state index contributed by atoms with van der Waals surface area (Å²) < 4.78 is 5.43. The molecule has 1 N–H and O–H groups in total. The Bertz CT molecular complexity index is 325. The Balaban J connectivity index is 2.29. The van der Waals surface area contributed by atoms with Crippen LogP contribution in [0.5, 0.6) is 0 Å². The first kappa shape index (κ1) is 16.8. The normalized spacial score (nSPS) is 16.5. The van der Waals surface area contributed by atoms with E-state index in [1.807, 2.05) is 13.8 Å². The van der Waals surface area contributed by atoms with Crippen LogP contribution in [-0.2, 0) is 9.53 Å². The van der Waals surface area contributed by atoms with Crippen molar-refractivity contribution in [1.29, 1.82) is 0 Å². The van der Waals surface area contributed by atoms with Crippen LogP contribution < -0.4 is 0 Å². The Morgan fingerprint density at radius 3 is 2.45 bits per heavy atom. The first-order valence-electron chi connectivity index (χ1n) is 7.23. The van der Waals surface area contributed by atoms with Crippen molar-refractivity contribution in [3.63, 3.8) is 0 Å². The Morgan fingerprint density at radius 2 is 1.95 bits per heavy atom. The number of carboxylic acid groups (broad SMARTS) is 1. The van der Waals surface area contributed by atoms with Crippen molar-refractivity contribution >= 4 is 12.0 Å². The average Bonchev–Trinajstić information content (AvgIpc) is 2.37. The maximum Gasteiger partial charge on any atom is 0.319 e. The van der Waals surface area contributed by atoms with Crippen molar-refractivity contribution in [3.8, 4) is 0 Å².